The molecule has 22 rings (SSSR count). The van der Waals surface area contributed by atoms with Gasteiger partial charge in [-0.05, 0) is 159 Å². The van der Waals surface area contributed by atoms with Crippen molar-refractivity contribution >= 4 is 65.8 Å². The Balaban J connectivity index is 0.000000154. The molecule has 0 aliphatic carbocycles. The Morgan fingerprint density at radius 2 is 0.610 bits per heavy atom. The van der Waals surface area contributed by atoms with Crippen molar-refractivity contribution in [3.63, 3.8) is 0 Å². The van der Waals surface area contributed by atoms with E-state index in [0.29, 0.717) is 11.8 Å². The smallest absolute Gasteiger partial charge is 0.481 e. The van der Waals surface area contributed by atoms with Gasteiger partial charge in [-0.3, -0.25) is 9.97 Å². The zero-order valence-electron chi connectivity index (χ0n) is 63.2. The molecule has 0 aliphatic heterocycles. The van der Waals surface area contributed by atoms with Gasteiger partial charge in [-0.1, -0.05) is 330 Å². The van der Waals surface area contributed by atoms with Crippen molar-refractivity contribution < 1.29 is 51.0 Å². The Bertz CT molecular complexity index is 7310. The van der Waals surface area contributed by atoms with Crippen LogP contribution in [0.1, 0.15) is 0 Å². The number of oxazole rings is 2. The molecular weight excluding hydrogens is 1800 g/mol. The molecule has 0 aliphatic rings. The van der Waals surface area contributed by atoms with Gasteiger partial charge in [0.05, 0.1) is 11.0 Å². The second-order valence-electron chi connectivity index (χ2n) is 28.9. The Kier molecular flexibility index (Phi) is 20.2. The fourth-order valence-electron chi connectivity index (χ4n) is 15.9. The summed E-state index contributed by atoms with van der Waals surface area (Å²) in [6.07, 6.45) is 3.90. The molecule has 0 atom stereocenters. The van der Waals surface area contributed by atoms with Gasteiger partial charge in [0.2, 0.25) is 0 Å². The molecule has 0 amide bonds. The second kappa shape index (κ2) is 32.2. The summed E-state index contributed by atoms with van der Waals surface area (Å²) >= 11 is 0. The van der Waals surface area contributed by atoms with Crippen LogP contribution in [-0.2, 0) is 42.1 Å². The van der Waals surface area contributed by atoms with Gasteiger partial charge < -0.3 is 27.9 Å². The van der Waals surface area contributed by atoms with Crippen molar-refractivity contribution in [2.24, 2.45) is 0 Å². The number of hydrogen-bond acceptors (Lipinski definition) is 6. The van der Waals surface area contributed by atoms with Crippen LogP contribution in [0.25, 0.3) is 212 Å². The number of pyridine rings is 2. The van der Waals surface area contributed by atoms with Gasteiger partial charge in [-0.25, -0.2) is 0 Å². The summed E-state index contributed by atoms with van der Waals surface area (Å²) in [4.78, 5) is 19.6. The predicted octanol–water partition coefficient (Wildman–Crippen LogP) is 27.8. The average Bonchev–Trinajstić information content (AvgIpc) is 1.58. The topological polar surface area (TPSA) is 87.7 Å². The van der Waals surface area contributed by atoms with E-state index in [1.54, 1.807) is 0 Å². The van der Waals surface area contributed by atoms with E-state index in [1.165, 1.54) is 44.5 Å². The zero-order chi connectivity index (χ0) is 76.8. The number of hydrogen-bond donors (Lipinski definition) is 0. The Morgan fingerprint density at radius 3 is 1.08 bits per heavy atom. The number of para-hydroxylation sites is 5. The van der Waals surface area contributed by atoms with E-state index < -0.39 is 0 Å². The molecule has 0 radical (unpaired) electrons. The molecular formula is C108H66N6O2Pt2. The molecule has 560 valence electrons. The van der Waals surface area contributed by atoms with Crippen molar-refractivity contribution in [2.45, 2.75) is 0 Å². The predicted molar refractivity (Wildman–Crippen MR) is 473 cm³/mol. The van der Waals surface area contributed by atoms with Crippen molar-refractivity contribution in [3.8, 4) is 146 Å². The van der Waals surface area contributed by atoms with Crippen LogP contribution in [0, 0.1) is 24.3 Å². The molecule has 0 unspecified atom stereocenters. The Morgan fingerprint density at radius 1 is 0.237 bits per heavy atom. The second-order valence-corrected chi connectivity index (χ2v) is 28.9. The number of nitrogens with zero attached hydrogens (tertiary/aromatic N) is 6. The summed E-state index contributed by atoms with van der Waals surface area (Å²) in [7, 11) is 0. The maximum Gasteiger partial charge on any atom is 2.00 e. The minimum Gasteiger partial charge on any atom is -0.481 e. The fraction of sp³-hybridized carbons (Fsp3) is 0. The first-order valence-corrected chi connectivity index (χ1v) is 38.8. The van der Waals surface area contributed by atoms with E-state index in [0.717, 1.165) is 155 Å². The molecule has 6 aromatic heterocycles. The molecule has 0 fully saturated rings. The SMILES string of the molecule is [Pt+2].[Pt+2].[c-]1c(-c2ccc(-c3ccc(-c4ccccc4)cc3)cn2)ccc(-c2ccc(-c3ccccc3)cc2)c1-n1c2[c-]c(-c3nc4ccccc4o3)ccc2c2ccccc21.[c-]1c(-c2ccc(-c3ccc(-c4ccccc4)cc3)cn2)cccc1-n1c2[c-]c(-c3nc4ccccc4o3)ccc2c2cc(-c3ccc(-c4ccccc4)cc3)ccc21. The third kappa shape index (κ3) is 14.3. The fourth-order valence-corrected chi connectivity index (χ4v) is 15.9. The minimum absolute atomic E-state index is 0. The third-order valence-electron chi connectivity index (χ3n) is 21.8. The molecule has 10 heteroatoms. The molecule has 6 heterocycles. The van der Waals surface area contributed by atoms with Crippen LogP contribution in [0.2, 0.25) is 0 Å². The Labute approximate surface area is 710 Å². The van der Waals surface area contributed by atoms with E-state index in [-0.39, 0.29) is 42.1 Å². The minimum atomic E-state index is 0. The van der Waals surface area contributed by atoms with Crippen molar-refractivity contribution in [2.75, 3.05) is 0 Å². The average molecular weight is 1870 g/mol. The zero-order valence-corrected chi connectivity index (χ0v) is 67.8. The summed E-state index contributed by atoms with van der Waals surface area (Å²) in [5.41, 5.74) is 32.3. The van der Waals surface area contributed by atoms with E-state index >= 15 is 0 Å². The maximum atomic E-state index is 6.24. The maximum absolute atomic E-state index is 6.24. The van der Waals surface area contributed by atoms with Crippen LogP contribution in [0.5, 0.6) is 0 Å². The molecule has 16 aromatic carbocycles. The number of fused-ring (bicyclic) bond motifs is 8. The summed E-state index contributed by atoms with van der Waals surface area (Å²) in [6, 6.07) is 150. The van der Waals surface area contributed by atoms with Crippen LogP contribution in [0.3, 0.4) is 0 Å². The van der Waals surface area contributed by atoms with Gasteiger partial charge in [-0.15, -0.1) is 90.0 Å². The van der Waals surface area contributed by atoms with E-state index in [4.69, 9.17) is 28.8 Å². The molecule has 8 nitrogen and oxygen atoms in total. The summed E-state index contributed by atoms with van der Waals surface area (Å²) in [5.74, 6) is 1.07. The molecule has 0 N–H and O–H groups in total. The van der Waals surface area contributed by atoms with Gasteiger partial charge in [0.15, 0.2) is 0 Å². The molecule has 0 spiro atoms. The number of aromatic nitrogens is 6. The van der Waals surface area contributed by atoms with Crippen molar-refractivity contribution in [1.29, 1.82) is 0 Å². The number of benzene rings is 16. The van der Waals surface area contributed by atoms with Crippen molar-refractivity contribution in [1.82, 2.24) is 29.1 Å². The monoisotopic (exact) mass is 1870 g/mol. The molecule has 0 saturated heterocycles. The normalized spacial score (nSPS) is 11.3. The first kappa shape index (κ1) is 73.9. The first-order chi connectivity index (χ1) is 57.4. The van der Waals surface area contributed by atoms with Crippen molar-refractivity contribution in [3.05, 3.63) is 425 Å². The Hall–Kier alpha value is -14.3. The van der Waals surface area contributed by atoms with Gasteiger partial charge in [0.1, 0.15) is 22.9 Å². The van der Waals surface area contributed by atoms with Crippen LogP contribution < -0.4 is 0 Å². The van der Waals surface area contributed by atoms with Crippen LogP contribution in [-0.4, -0.2) is 29.1 Å². The van der Waals surface area contributed by atoms with Gasteiger partial charge in [0.25, 0.3) is 0 Å². The first-order valence-electron chi connectivity index (χ1n) is 38.8. The van der Waals surface area contributed by atoms with Gasteiger partial charge in [0, 0.05) is 23.4 Å². The summed E-state index contributed by atoms with van der Waals surface area (Å²) in [5, 5.41) is 4.42. The van der Waals surface area contributed by atoms with E-state index in [2.05, 4.69) is 343 Å². The molecule has 118 heavy (non-hydrogen) atoms. The molecule has 0 bridgehead atoms. The summed E-state index contributed by atoms with van der Waals surface area (Å²) in [6.45, 7) is 0. The molecule has 0 saturated carbocycles. The quantitative estimate of drug-likeness (QED) is 0.101. The third-order valence-corrected chi connectivity index (χ3v) is 21.8. The van der Waals surface area contributed by atoms with Crippen LogP contribution >= 0.6 is 0 Å². The van der Waals surface area contributed by atoms with Crippen LogP contribution in [0.4, 0.5) is 0 Å². The van der Waals surface area contributed by atoms with Crippen LogP contribution in [0.15, 0.2) is 409 Å². The standard InChI is InChI=1S/2C54H33N3O.2Pt/c1-3-11-36(12-4-1)38-19-21-40(22-20-38)44-29-32-48(55-35-44)42-27-30-45(41-25-23-39(24-26-41)37-13-5-2-6-14-37)51(33-42)57-50-17-9-7-15-46(50)47-31-28-43(34-52(47)57)54-56-49-16-8-10-18-53(49)58-54;1-3-10-36(11-4-1)38-18-22-40(23-19-38)42-28-31-51-48(33-42)47-29-26-44(54-56-50-16-7-8-17-53(50)58-54)34-52(47)57(51)46-15-9-14-43(32-46)49-30-27-45(35-55-49)41-24-20-39(21-25-41)37-12-5-2-6-13-37;;/h1-32,35H;1-31,33,35H;;/q2*-2;2*+2. The van der Waals surface area contributed by atoms with E-state index in [9.17, 15) is 0 Å². The summed E-state index contributed by atoms with van der Waals surface area (Å²) < 4.78 is 17.0. The largest absolute Gasteiger partial charge is 2.00 e. The number of rotatable bonds is 14. The van der Waals surface area contributed by atoms with Gasteiger partial charge in [-0.2, -0.15) is 0 Å². The van der Waals surface area contributed by atoms with Gasteiger partial charge >= 0.3 is 42.1 Å². The molecule has 22 aromatic rings. The van der Waals surface area contributed by atoms with E-state index in [1.807, 2.05) is 91.3 Å².